The fourth-order valence-corrected chi connectivity index (χ4v) is 1.81. The van der Waals surface area contributed by atoms with Crippen LogP contribution in [0.4, 0.5) is 11.4 Å². The fraction of sp³-hybridized carbons (Fsp3) is 0.417. The Kier molecular flexibility index (Phi) is 4.63. The molecule has 6 heteroatoms. The van der Waals surface area contributed by atoms with Crippen LogP contribution in [0, 0.1) is 21.4 Å². The highest BCUT2D eigenvalue weighted by Gasteiger charge is 2.20. The molecule has 0 bridgehead atoms. The average Bonchev–Trinajstić information content (AvgIpc) is 2.26. The quantitative estimate of drug-likeness (QED) is 0.635. The van der Waals surface area contributed by atoms with Crippen LogP contribution < -0.4 is 5.32 Å². The molecule has 6 nitrogen and oxygen atoms in total. The molecular formula is C12H16N4O2. The van der Waals surface area contributed by atoms with Gasteiger partial charge in [-0.05, 0) is 33.2 Å². The van der Waals surface area contributed by atoms with Gasteiger partial charge < -0.3 is 10.2 Å². The largest absolute Gasteiger partial charge is 0.376 e. The van der Waals surface area contributed by atoms with Crippen molar-refractivity contribution < 1.29 is 4.92 Å². The molecule has 96 valence electrons. The standard InChI is InChI=1S/C12H16N4O2/c1-9(8-15(2)3)14-11-6-4-5-10(7-13)12(11)16(17)18/h4-6,9,14H,8H2,1-3H3. The second-order valence-corrected chi connectivity index (χ2v) is 4.38. The van der Waals surface area contributed by atoms with Crippen molar-refractivity contribution in [2.24, 2.45) is 0 Å². The molecule has 0 amide bonds. The summed E-state index contributed by atoms with van der Waals surface area (Å²) in [5.74, 6) is 0. The monoisotopic (exact) mass is 248 g/mol. The third-order valence-corrected chi connectivity index (χ3v) is 2.38. The fourth-order valence-electron chi connectivity index (χ4n) is 1.81. The van der Waals surface area contributed by atoms with Crippen molar-refractivity contribution >= 4 is 11.4 Å². The van der Waals surface area contributed by atoms with Crippen molar-refractivity contribution in [3.8, 4) is 6.07 Å². The van der Waals surface area contributed by atoms with Crippen molar-refractivity contribution in [3.63, 3.8) is 0 Å². The van der Waals surface area contributed by atoms with Gasteiger partial charge in [0.25, 0.3) is 0 Å². The molecule has 0 heterocycles. The molecule has 0 saturated heterocycles. The summed E-state index contributed by atoms with van der Waals surface area (Å²) in [5.41, 5.74) is 0.293. The first kappa shape index (κ1) is 13.9. The lowest BCUT2D eigenvalue weighted by molar-refractivity contribution is -0.384. The van der Waals surface area contributed by atoms with Crippen molar-refractivity contribution in [2.75, 3.05) is 26.0 Å². The first-order valence-electron chi connectivity index (χ1n) is 5.54. The van der Waals surface area contributed by atoms with E-state index in [9.17, 15) is 10.1 Å². The second kappa shape index (κ2) is 5.98. The number of likely N-dealkylation sites (N-methyl/N-ethyl adjacent to an activating group) is 1. The molecule has 0 aromatic heterocycles. The summed E-state index contributed by atoms with van der Waals surface area (Å²) in [4.78, 5) is 12.5. The molecule has 1 rings (SSSR count). The zero-order valence-corrected chi connectivity index (χ0v) is 10.7. The minimum Gasteiger partial charge on any atom is -0.376 e. The van der Waals surface area contributed by atoms with Gasteiger partial charge in [-0.2, -0.15) is 5.26 Å². The van der Waals surface area contributed by atoms with Crippen LogP contribution in [0.25, 0.3) is 0 Å². The van der Waals surface area contributed by atoms with E-state index < -0.39 is 4.92 Å². The number of nitriles is 1. The molecule has 1 aromatic rings. The molecule has 1 atom stereocenters. The van der Waals surface area contributed by atoms with Crippen LogP contribution in [-0.2, 0) is 0 Å². The number of nitrogens with one attached hydrogen (secondary N) is 1. The maximum atomic E-state index is 11.0. The topological polar surface area (TPSA) is 82.2 Å². The molecule has 0 aliphatic heterocycles. The van der Waals surface area contributed by atoms with Gasteiger partial charge in [-0.15, -0.1) is 0 Å². The van der Waals surface area contributed by atoms with Crippen molar-refractivity contribution in [2.45, 2.75) is 13.0 Å². The van der Waals surface area contributed by atoms with E-state index in [1.165, 1.54) is 6.07 Å². The Bertz CT molecular complexity index is 479. The van der Waals surface area contributed by atoms with Crippen LogP contribution >= 0.6 is 0 Å². The average molecular weight is 248 g/mol. The molecule has 0 aliphatic carbocycles. The molecule has 18 heavy (non-hydrogen) atoms. The molecule has 0 spiro atoms. The third kappa shape index (κ3) is 3.43. The predicted octanol–water partition coefficient (Wildman–Crippen LogP) is 1.83. The van der Waals surface area contributed by atoms with Crippen LogP contribution in [-0.4, -0.2) is 36.5 Å². The summed E-state index contributed by atoms with van der Waals surface area (Å²) in [5, 5.41) is 23.0. The van der Waals surface area contributed by atoms with Gasteiger partial charge in [0.05, 0.1) is 4.92 Å². The number of para-hydroxylation sites is 1. The summed E-state index contributed by atoms with van der Waals surface area (Å²) >= 11 is 0. The molecule has 1 aromatic carbocycles. The smallest absolute Gasteiger partial charge is 0.309 e. The number of anilines is 1. The predicted molar refractivity (Wildman–Crippen MR) is 69.5 cm³/mol. The summed E-state index contributed by atoms with van der Waals surface area (Å²) in [6, 6.07) is 6.58. The van der Waals surface area contributed by atoms with E-state index >= 15 is 0 Å². The molecule has 1 N–H and O–H groups in total. The van der Waals surface area contributed by atoms with Crippen LogP contribution in [0.1, 0.15) is 12.5 Å². The van der Waals surface area contributed by atoms with Crippen LogP contribution in [0.15, 0.2) is 18.2 Å². The Morgan fingerprint density at radius 1 is 1.56 bits per heavy atom. The zero-order chi connectivity index (χ0) is 13.7. The van der Waals surface area contributed by atoms with E-state index in [0.717, 1.165) is 6.54 Å². The maximum Gasteiger partial charge on any atom is 0.309 e. The molecule has 0 fully saturated rings. The van der Waals surface area contributed by atoms with E-state index in [1.807, 2.05) is 32.0 Å². The van der Waals surface area contributed by atoms with Gasteiger partial charge in [-0.25, -0.2) is 0 Å². The third-order valence-electron chi connectivity index (χ3n) is 2.38. The Labute approximate surface area is 106 Å². The number of nitrogens with zero attached hydrogens (tertiary/aromatic N) is 3. The van der Waals surface area contributed by atoms with Gasteiger partial charge >= 0.3 is 5.69 Å². The van der Waals surface area contributed by atoms with E-state index in [1.54, 1.807) is 12.1 Å². The number of nitro groups is 1. The van der Waals surface area contributed by atoms with Crippen LogP contribution in [0.5, 0.6) is 0 Å². The normalized spacial score (nSPS) is 11.9. The number of nitro benzene ring substituents is 1. The molecule has 0 aliphatic rings. The highest BCUT2D eigenvalue weighted by atomic mass is 16.6. The minimum atomic E-state index is -0.525. The van der Waals surface area contributed by atoms with Crippen molar-refractivity contribution in [1.29, 1.82) is 5.26 Å². The first-order chi connectivity index (χ1) is 8.45. The molecular weight excluding hydrogens is 232 g/mol. The van der Waals surface area contributed by atoms with Crippen LogP contribution in [0.2, 0.25) is 0 Å². The van der Waals surface area contributed by atoms with Crippen molar-refractivity contribution in [1.82, 2.24) is 4.90 Å². The van der Waals surface area contributed by atoms with E-state index in [-0.39, 0.29) is 17.3 Å². The lowest BCUT2D eigenvalue weighted by atomic mass is 10.1. The Morgan fingerprint density at radius 3 is 2.72 bits per heavy atom. The summed E-state index contributed by atoms with van der Waals surface area (Å²) in [7, 11) is 3.86. The number of benzene rings is 1. The van der Waals surface area contributed by atoms with Gasteiger partial charge in [-0.1, -0.05) is 6.07 Å². The number of rotatable bonds is 5. The van der Waals surface area contributed by atoms with Crippen LogP contribution in [0.3, 0.4) is 0 Å². The Hall–Kier alpha value is -2.13. The first-order valence-corrected chi connectivity index (χ1v) is 5.54. The maximum absolute atomic E-state index is 11.0. The van der Waals surface area contributed by atoms with Gasteiger partial charge in [0, 0.05) is 12.6 Å². The van der Waals surface area contributed by atoms with E-state index in [0.29, 0.717) is 5.69 Å². The van der Waals surface area contributed by atoms with Gasteiger partial charge in [0.2, 0.25) is 0 Å². The lowest BCUT2D eigenvalue weighted by Gasteiger charge is -2.19. The minimum absolute atomic E-state index is 0.0487. The molecule has 0 saturated carbocycles. The highest BCUT2D eigenvalue weighted by Crippen LogP contribution is 2.28. The summed E-state index contributed by atoms with van der Waals surface area (Å²) in [6.07, 6.45) is 0. The lowest BCUT2D eigenvalue weighted by Crippen LogP contribution is -2.29. The molecule has 0 radical (unpaired) electrons. The highest BCUT2D eigenvalue weighted by molar-refractivity contribution is 5.68. The Balaban J connectivity index is 3.02. The van der Waals surface area contributed by atoms with Gasteiger partial charge in [-0.3, -0.25) is 10.1 Å². The SMILES string of the molecule is CC(CN(C)C)Nc1cccc(C#N)c1[N+](=O)[O-]. The molecule has 1 unspecified atom stereocenters. The van der Waals surface area contributed by atoms with Gasteiger partial charge in [0.1, 0.15) is 17.3 Å². The Morgan fingerprint density at radius 2 is 2.22 bits per heavy atom. The second-order valence-electron chi connectivity index (χ2n) is 4.38. The van der Waals surface area contributed by atoms with E-state index in [2.05, 4.69) is 5.32 Å². The van der Waals surface area contributed by atoms with E-state index in [4.69, 9.17) is 5.26 Å². The number of hydrogen-bond donors (Lipinski definition) is 1. The summed E-state index contributed by atoms with van der Waals surface area (Å²) in [6.45, 7) is 2.68. The van der Waals surface area contributed by atoms with Gasteiger partial charge in [0.15, 0.2) is 0 Å². The van der Waals surface area contributed by atoms with Crippen molar-refractivity contribution in [3.05, 3.63) is 33.9 Å². The number of hydrogen-bond acceptors (Lipinski definition) is 5. The summed E-state index contributed by atoms with van der Waals surface area (Å²) < 4.78 is 0. The zero-order valence-electron chi connectivity index (χ0n) is 10.7.